The van der Waals surface area contributed by atoms with E-state index in [0.29, 0.717) is 34.6 Å². The number of allylic oxidation sites excluding steroid dienone is 2. The summed E-state index contributed by atoms with van der Waals surface area (Å²) in [6.07, 6.45) is 12.1. The summed E-state index contributed by atoms with van der Waals surface area (Å²) in [4.78, 5) is 26.5. The van der Waals surface area contributed by atoms with Crippen LogP contribution in [0.2, 0.25) is 5.02 Å². The van der Waals surface area contributed by atoms with Gasteiger partial charge >= 0.3 is 11.9 Å². The highest BCUT2D eigenvalue weighted by atomic mass is 35.5. The van der Waals surface area contributed by atoms with Gasteiger partial charge in [0.25, 0.3) is 0 Å². The molecule has 1 aromatic carbocycles. The molecule has 2 aromatic rings. The summed E-state index contributed by atoms with van der Waals surface area (Å²) in [5.74, 6) is 2.79. The summed E-state index contributed by atoms with van der Waals surface area (Å²) in [6, 6.07) is 7.65. The molecule has 0 spiro atoms. The average molecular weight is 790 g/mol. The van der Waals surface area contributed by atoms with Crippen molar-refractivity contribution < 1.29 is 23.5 Å². The van der Waals surface area contributed by atoms with Crippen LogP contribution in [-0.2, 0) is 25.5 Å². The molecule has 7 nitrogen and oxygen atoms in total. The number of aromatic nitrogens is 2. The lowest BCUT2D eigenvalue weighted by Crippen LogP contribution is -2.65. The molecule has 4 saturated carbocycles. The molecule has 0 N–H and O–H groups in total. The van der Waals surface area contributed by atoms with E-state index in [-0.39, 0.29) is 51.5 Å². The molecule has 5 aliphatic carbocycles. The lowest BCUT2D eigenvalue weighted by molar-refractivity contribution is -0.233. The molecule has 4 fully saturated rings. The van der Waals surface area contributed by atoms with Gasteiger partial charge in [0.2, 0.25) is 11.8 Å². The fraction of sp³-hybridized carbons (Fsp3) is 0.750. The Labute approximate surface area is 341 Å². The standard InChI is InChI=1S/C48H69ClN2O5/c1-29(2)32-19-24-48(27-37-50-51-40(55-37)30-13-15-31(49)16-14-30)26-25-46(11)33(39(32)48)17-18-35-45(10)22-21-36(44(8,9)34(45)20-23-47(35,46)12)54-38(52)28-43(6,7)41(53)56-42(3,4)5/h13-16,29,33-36H,17-28H2,1-12H3/t33-,34+,35-,36+,45+,46-,47-,48?/m1/s1. The van der Waals surface area contributed by atoms with Crippen LogP contribution in [0.1, 0.15) is 160 Å². The van der Waals surface area contributed by atoms with E-state index in [4.69, 9.17) is 25.5 Å². The first kappa shape index (κ1) is 41.5. The number of fused-ring (bicyclic) bond motifs is 7. The number of esters is 2. The second kappa shape index (κ2) is 14.0. The number of benzene rings is 1. The molecule has 1 unspecified atom stereocenters. The fourth-order valence-electron chi connectivity index (χ4n) is 13.6. The molecule has 0 amide bonds. The van der Waals surface area contributed by atoms with Crippen molar-refractivity contribution in [3.63, 3.8) is 0 Å². The molecular formula is C48H69ClN2O5. The molecule has 308 valence electrons. The first-order valence-electron chi connectivity index (χ1n) is 21.7. The maximum Gasteiger partial charge on any atom is 0.312 e. The molecule has 0 aliphatic heterocycles. The van der Waals surface area contributed by atoms with Crippen molar-refractivity contribution >= 4 is 23.5 Å². The zero-order valence-corrected chi connectivity index (χ0v) is 37.3. The molecular weight excluding hydrogens is 720 g/mol. The van der Waals surface area contributed by atoms with Crippen LogP contribution in [0.3, 0.4) is 0 Å². The summed E-state index contributed by atoms with van der Waals surface area (Å²) in [5, 5.41) is 9.83. The Balaban J connectivity index is 1.11. The maximum atomic E-state index is 13.5. The Hall–Kier alpha value is -2.67. The molecule has 0 saturated heterocycles. The summed E-state index contributed by atoms with van der Waals surface area (Å²) in [7, 11) is 0. The highest BCUT2D eigenvalue weighted by molar-refractivity contribution is 6.30. The molecule has 7 rings (SSSR count). The van der Waals surface area contributed by atoms with Crippen LogP contribution in [0.5, 0.6) is 0 Å². The Morgan fingerprint density at radius 2 is 1.55 bits per heavy atom. The second-order valence-corrected chi connectivity index (χ2v) is 22.5. The summed E-state index contributed by atoms with van der Waals surface area (Å²) >= 11 is 6.17. The van der Waals surface area contributed by atoms with Crippen LogP contribution in [0.15, 0.2) is 39.8 Å². The van der Waals surface area contributed by atoms with E-state index in [2.05, 4.69) is 58.7 Å². The molecule has 5 aliphatic rings. The topological polar surface area (TPSA) is 91.5 Å². The molecule has 0 radical (unpaired) electrons. The number of hydrogen-bond acceptors (Lipinski definition) is 7. The first-order valence-corrected chi connectivity index (χ1v) is 22.1. The van der Waals surface area contributed by atoms with Crippen molar-refractivity contribution in [1.29, 1.82) is 0 Å². The maximum absolute atomic E-state index is 13.5. The minimum atomic E-state index is -0.952. The Bertz CT molecular complexity index is 1870. The first-order chi connectivity index (χ1) is 26.0. The third-order valence-electron chi connectivity index (χ3n) is 16.6. The van der Waals surface area contributed by atoms with Crippen molar-refractivity contribution in [1.82, 2.24) is 10.2 Å². The highest BCUT2D eigenvalue weighted by Crippen LogP contribution is 2.77. The van der Waals surface area contributed by atoms with Crippen LogP contribution in [-0.4, -0.2) is 33.8 Å². The van der Waals surface area contributed by atoms with Gasteiger partial charge in [-0.15, -0.1) is 10.2 Å². The molecule has 56 heavy (non-hydrogen) atoms. The monoisotopic (exact) mass is 788 g/mol. The summed E-state index contributed by atoms with van der Waals surface area (Å²) < 4.78 is 18.4. The highest BCUT2D eigenvalue weighted by Gasteiger charge is 2.69. The number of rotatable bonds is 8. The van der Waals surface area contributed by atoms with Crippen molar-refractivity contribution in [2.75, 3.05) is 0 Å². The summed E-state index contributed by atoms with van der Waals surface area (Å²) in [6.45, 7) is 26.6. The molecule has 8 heteroatoms. The smallest absolute Gasteiger partial charge is 0.312 e. The van der Waals surface area contributed by atoms with E-state index < -0.39 is 11.0 Å². The van der Waals surface area contributed by atoms with Crippen LogP contribution in [0.25, 0.3) is 11.5 Å². The normalized spacial score (nSPS) is 35.3. The van der Waals surface area contributed by atoms with Crippen molar-refractivity contribution in [3.8, 4) is 11.5 Å². The number of nitrogens with zero attached hydrogens (tertiary/aromatic N) is 2. The number of halogens is 1. The van der Waals surface area contributed by atoms with Gasteiger partial charge in [0.1, 0.15) is 11.7 Å². The van der Waals surface area contributed by atoms with Gasteiger partial charge in [-0.2, -0.15) is 0 Å². The number of carbonyl (C=O) groups excluding carboxylic acids is 2. The van der Waals surface area contributed by atoms with Crippen molar-refractivity contribution in [3.05, 3.63) is 46.3 Å². The van der Waals surface area contributed by atoms with E-state index in [9.17, 15) is 9.59 Å². The lowest BCUT2D eigenvalue weighted by atomic mass is 9.33. The van der Waals surface area contributed by atoms with Crippen LogP contribution in [0.4, 0.5) is 0 Å². The number of carbonyl (C=O) groups is 2. The number of hydrogen-bond donors (Lipinski definition) is 0. The predicted octanol–water partition coefficient (Wildman–Crippen LogP) is 12.4. The summed E-state index contributed by atoms with van der Waals surface area (Å²) in [5.41, 5.74) is 3.24. The SMILES string of the molecule is CC(C)C1=C2[C@H]3CC[C@@H]4[C@@]5(C)CC[C@H](OC(=O)CC(C)(C)C(=O)OC(C)(C)C)C(C)(C)[C@@H]5CC[C@@]4(C)[C@]3(C)CCC2(Cc2nnc(-c3ccc(Cl)cc3)o2)CC1. The van der Waals surface area contributed by atoms with Crippen molar-refractivity contribution in [2.24, 2.45) is 56.2 Å². The second-order valence-electron chi connectivity index (χ2n) is 22.1. The van der Waals surface area contributed by atoms with E-state index >= 15 is 0 Å². The van der Waals surface area contributed by atoms with Crippen LogP contribution >= 0.6 is 11.6 Å². The fourth-order valence-corrected chi connectivity index (χ4v) is 13.7. The zero-order chi connectivity index (χ0) is 40.9. The van der Waals surface area contributed by atoms with E-state index in [1.807, 2.05) is 45.0 Å². The number of ether oxygens (including phenoxy) is 2. The lowest BCUT2D eigenvalue weighted by Gasteiger charge is -2.72. The third-order valence-corrected chi connectivity index (χ3v) is 16.9. The van der Waals surface area contributed by atoms with Gasteiger partial charge in [-0.3, -0.25) is 9.59 Å². The van der Waals surface area contributed by atoms with Gasteiger partial charge in [0.15, 0.2) is 0 Å². The van der Waals surface area contributed by atoms with Crippen LogP contribution < -0.4 is 0 Å². The average Bonchev–Trinajstić information content (AvgIpc) is 3.71. The van der Waals surface area contributed by atoms with E-state index in [1.54, 1.807) is 25.0 Å². The van der Waals surface area contributed by atoms with Gasteiger partial charge in [0, 0.05) is 27.8 Å². The Kier molecular flexibility index (Phi) is 10.4. The Morgan fingerprint density at radius 1 is 0.857 bits per heavy atom. The largest absolute Gasteiger partial charge is 0.462 e. The van der Waals surface area contributed by atoms with Gasteiger partial charge < -0.3 is 13.9 Å². The van der Waals surface area contributed by atoms with Gasteiger partial charge in [-0.1, -0.05) is 71.2 Å². The molecule has 1 aromatic heterocycles. The van der Waals surface area contributed by atoms with Crippen molar-refractivity contribution in [2.45, 2.75) is 172 Å². The van der Waals surface area contributed by atoms with Gasteiger partial charge in [-0.25, -0.2) is 0 Å². The molecule has 8 atom stereocenters. The predicted molar refractivity (Wildman–Crippen MR) is 222 cm³/mol. The Morgan fingerprint density at radius 3 is 2.21 bits per heavy atom. The van der Waals surface area contributed by atoms with Gasteiger partial charge in [-0.05, 0) is 163 Å². The quantitative estimate of drug-likeness (QED) is 0.194. The third kappa shape index (κ3) is 6.80. The van der Waals surface area contributed by atoms with Crippen LogP contribution in [0, 0.1) is 56.2 Å². The van der Waals surface area contributed by atoms with E-state index in [1.165, 1.54) is 38.5 Å². The van der Waals surface area contributed by atoms with Gasteiger partial charge in [0.05, 0.1) is 11.8 Å². The molecule has 0 bridgehead atoms. The molecule has 1 heterocycles. The van der Waals surface area contributed by atoms with E-state index in [0.717, 1.165) is 43.6 Å². The minimum absolute atomic E-state index is 0.0165. The minimum Gasteiger partial charge on any atom is -0.462 e. The zero-order valence-electron chi connectivity index (χ0n) is 36.5.